The Labute approximate surface area is 672 Å². The Kier molecular flexibility index (Phi) is 52.4. The van der Waals surface area contributed by atoms with E-state index in [0.29, 0.717) is 39.8 Å². The minimum absolute atomic E-state index is 0. The molecule has 0 bridgehead atoms. The van der Waals surface area contributed by atoms with E-state index in [1.165, 1.54) is 91.6 Å². The smallest absolute Gasteiger partial charge is 1.00 e. The largest absolute Gasteiger partial charge is 1.00 e. The van der Waals surface area contributed by atoms with Crippen LogP contribution in [-0.2, 0) is 25.9 Å². The number of aryl methyl sites for hydroxylation is 3. The molecule has 590 valence electrons. The van der Waals surface area contributed by atoms with E-state index in [9.17, 15) is 70.7 Å². The van der Waals surface area contributed by atoms with E-state index >= 15 is 0 Å². The number of aliphatic hydroxyl groups is 2. The quantitative estimate of drug-likeness (QED) is 0.0260. The van der Waals surface area contributed by atoms with Gasteiger partial charge in [-0.3, -0.25) is 9.18 Å². The Morgan fingerprint density at radius 2 is 0.870 bits per heavy atom. The molecule has 9 heterocycles. The fourth-order valence-corrected chi connectivity index (χ4v) is 6.85. The van der Waals surface area contributed by atoms with Crippen LogP contribution in [0.5, 0.6) is 17.6 Å². The van der Waals surface area contributed by atoms with Gasteiger partial charge >= 0.3 is 55.2 Å². The van der Waals surface area contributed by atoms with E-state index in [0.717, 1.165) is 44.6 Å². The number of aliphatic hydroxyl groups excluding tert-OH is 2. The van der Waals surface area contributed by atoms with E-state index in [1.807, 2.05) is 32.9 Å². The summed E-state index contributed by atoms with van der Waals surface area (Å²) < 4.78 is 202. The molecule has 0 spiro atoms. The van der Waals surface area contributed by atoms with Crippen molar-refractivity contribution in [3.8, 4) is 39.9 Å². The van der Waals surface area contributed by atoms with Gasteiger partial charge in [-0.1, -0.05) is 80.3 Å². The first-order valence-corrected chi connectivity index (χ1v) is 36.9. The van der Waals surface area contributed by atoms with Gasteiger partial charge in [-0.15, -0.1) is 0 Å². The van der Waals surface area contributed by atoms with Crippen LogP contribution < -0.4 is 49.2 Å². The van der Waals surface area contributed by atoms with Crippen molar-refractivity contribution in [3.63, 3.8) is 0 Å². The van der Waals surface area contributed by atoms with E-state index in [-0.39, 0.29) is 97.0 Å². The van der Waals surface area contributed by atoms with Crippen molar-refractivity contribution in [2.24, 2.45) is 0 Å². The maximum Gasteiger partial charge on any atom is 1.00 e. The summed E-state index contributed by atoms with van der Waals surface area (Å²) in [5, 5.41) is 33.8. The van der Waals surface area contributed by atoms with Gasteiger partial charge in [0.25, 0.3) is 0 Å². The Hall–Kier alpha value is -6.78. The molecule has 4 N–H and O–H groups in total. The predicted molar refractivity (Wildman–Crippen MR) is 394 cm³/mol. The van der Waals surface area contributed by atoms with Gasteiger partial charge in [0, 0.05) is 123 Å². The summed E-state index contributed by atoms with van der Waals surface area (Å²) in [6.45, 7) is 14.4. The molecule has 0 aromatic carbocycles. The summed E-state index contributed by atoms with van der Waals surface area (Å²) >= 11 is 15.7. The number of carbonyl (C=O) groups excluding carboxylic acids is 1. The molecule has 0 unspecified atom stereocenters. The Bertz CT molecular complexity index is 3860. The van der Waals surface area contributed by atoms with Crippen LogP contribution in [0.1, 0.15) is 91.3 Å². The molecule has 9 aromatic rings. The van der Waals surface area contributed by atoms with Crippen molar-refractivity contribution < 1.29 is 137 Å². The molecule has 108 heavy (non-hydrogen) atoms. The van der Waals surface area contributed by atoms with Crippen LogP contribution in [0.2, 0.25) is 18.1 Å². The number of rotatable bonds is 14. The van der Waals surface area contributed by atoms with Gasteiger partial charge in [0.2, 0.25) is 47.4 Å². The molecular weight excluding hydrogens is 1700 g/mol. The second kappa shape index (κ2) is 54.8. The van der Waals surface area contributed by atoms with Crippen LogP contribution >= 0.6 is 58.9 Å². The number of carbonyl (C=O) groups is 1. The zero-order valence-corrected chi connectivity index (χ0v) is 67.5. The van der Waals surface area contributed by atoms with Crippen LogP contribution in [0, 0.1) is 29.7 Å². The number of nitrogens with zero attached hydrogens (tertiary/aromatic N) is 9. The number of alkyl halides is 10. The summed E-state index contributed by atoms with van der Waals surface area (Å²) in [4.78, 5) is 42.8. The number of hydrogen-bond acceptors (Lipinski definition) is 17. The fraction of sp³-hybridized carbons (Fsp3) is 0.333. The third-order valence-electron chi connectivity index (χ3n) is 12.5. The molecule has 0 aliphatic heterocycles. The maximum absolute atomic E-state index is 13.7. The number of ether oxygens (including phenoxy) is 3. The molecule has 39 heteroatoms. The second-order valence-electron chi connectivity index (χ2n) is 21.8. The van der Waals surface area contributed by atoms with Gasteiger partial charge in [0.05, 0.1) is 15.1 Å². The maximum atomic E-state index is 13.7. The van der Waals surface area contributed by atoms with Gasteiger partial charge in [-0.05, 0) is 156 Å². The first kappa shape index (κ1) is 103. The molecule has 9 rings (SSSR count). The van der Waals surface area contributed by atoms with Crippen LogP contribution in [0.25, 0.3) is 22.3 Å². The van der Waals surface area contributed by atoms with Crippen molar-refractivity contribution in [1.82, 2.24) is 44.9 Å². The molecule has 0 aliphatic carbocycles. The van der Waals surface area contributed by atoms with E-state index in [2.05, 4.69) is 141 Å². The van der Waals surface area contributed by atoms with Crippen LogP contribution in [-0.4, -0.2) is 138 Å². The Morgan fingerprint density at radius 1 is 0.519 bits per heavy atom. The summed E-state index contributed by atoms with van der Waals surface area (Å²) in [5.74, 6) is -3.68. The zero-order valence-electron chi connectivity index (χ0n) is 61.0. The molecule has 0 atom stereocenters. The predicted octanol–water partition coefficient (Wildman–Crippen LogP) is 15.7. The zero-order chi connectivity index (χ0) is 81.7. The Balaban J connectivity index is -0.000000590. The van der Waals surface area contributed by atoms with Gasteiger partial charge in [-0.2, -0.15) is 72.5 Å². The molecule has 0 amide bonds. The number of aromatic nitrogens is 9. The summed E-state index contributed by atoms with van der Waals surface area (Å²) in [7, 11) is -4.17. The topological polar surface area (TPSA) is 242 Å². The second-order valence-corrected chi connectivity index (χ2v) is 31.8. The summed E-state index contributed by atoms with van der Waals surface area (Å²) in [5.41, 5.74) is 4.28. The van der Waals surface area contributed by atoms with Gasteiger partial charge in [0.1, 0.15) is 4.60 Å². The van der Waals surface area contributed by atoms with Crippen LogP contribution in [0.15, 0.2) is 160 Å². The molecule has 0 saturated heterocycles. The number of aldehydes is 1. The third kappa shape index (κ3) is 48.0. The molecule has 0 saturated carbocycles. The minimum atomic E-state index is -4.46. The SMILES string of the molecule is Brc1ccc(Br)nc1.C.CC(C)(C)[Si](C)(C)Cl.CCO.CCc1ccc(F)nc1.CCc1cnc(F)c(-c2ccc(OCC(F)(F)F)nc2)c1.CCc1cnc(F)c(B(O)O)c1.FC(F)(F)COc1ccc(Br)cn1.O=Cc1cnc(F)c(-c2ccc(OCC(F)(F)F)nc2)c1.OCc1ccc(F)nc1.[2H]CF.[H-].[Na+]. The Morgan fingerprint density at radius 3 is 1.18 bits per heavy atom. The minimum Gasteiger partial charge on any atom is -1.00 e. The fourth-order valence-electron chi connectivity index (χ4n) is 6.14. The van der Waals surface area contributed by atoms with Crippen molar-refractivity contribution in [1.29, 1.82) is 0 Å². The van der Waals surface area contributed by atoms with Gasteiger partial charge in [0.15, 0.2) is 33.5 Å². The molecule has 0 radical (unpaired) electrons. The van der Waals surface area contributed by atoms with Crippen molar-refractivity contribution in [3.05, 3.63) is 218 Å². The summed E-state index contributed by atoms with van der Waals surface area (Å²) in [6, 6.07) is 22.0. The van der Waals surface area contributed by atoms with Gasteiger partial charge < -0.3 is 35.9 Å². The summed E-state index contributed by atoms with van der Waals surface area (Å²) in [6.07, 6.45) is 1.82. The monoisotopic (exact) mass is 1780 g/mol. The van der Waals surface area contributed by atoms with Crippen LogP contribution in [0.3, 0.4) is 0 Å². The van der Waals surface area contributed by atoms with Crippen molar-refractivity contribution in [2.75, 3.05) is 33.6 Å². The average Bonchev–Trinajstić information content (AvgIpc) is 0.833. The first-order valence-electron chi connectivity index (χ1n) is 31.3. The van der Waals surface area contributed by atoms with Crippen molar-refractivity contribution >= 4 is 85.1 Å². The van der Waals surface area contributed by atoms with Crippen LogP contribution in [0.4, 0.5) is 65.9 Å². The molecular formula is C69H80BBr3ClF15N9NaO8Si. The van der Waals surface area contributed by atoms with Crippen molar-refractivity contribution in [2.45, 2.75) is 118 Å². The number of pyridine rings is 9. The number of halogens is 19. The average molecular weight is 1790 g/mol. The molecule has 9 aromatic heterocycles. The number of hydrogen-bond donors (Lipinski definition) is 4. The standard InChI is InChI=1S/C14H12F4N2O.C13H8F4N2O2.C7H9BFNO2.C7H5BrF3NO.C7H8FN.C6H15ClSi.C6H6FNO.C5H3Br2N.C2H6O.CH3F.CH4.Na.H/c1-2-9-5-11(13(15)20-6-9)10-3-4-12(19-7-10)21-8-14(16,17)18;14-12-10(3-8(6-20)4-19-12)9-1-2-11(18-5-9)21-7-13(15,16)17;1-2-5-3-6(8(11)12)7(9)10-4-5;8-5-1-2-6(12-3-5)13-4-7(9,10)11;1-2-6-3-4-7(8)9-5-6;1-6(2,3)8(4,5)7;7-6-2-1-5(4-9)3-8-6;6-4-1-2-5(7)8-3-4;1-2-3;1-2;;;/h3-7H,2,8H2,1H3;1-6H,7H2;3-4,11-12H,2H2,1H3;1-3H,4H2;3-5H,2H2,1H3;1-5H3;1-3,9H,4H2;1-3H;3H,2H2,1H3;1H3;1H4;;/q;;;;;;;;;;;+1;-1/i;;;;;;;;;1D;;;. The molecule has 0 aliphatic rings. The van der Waals surface area contributed by atoms with E-state index in [4.69, 9.17) is 32.7 Å². The van der Waals surface area contributed by atoms with Gasteiger partial charge in [-0.25, -0.2) is 44.9 Å². The third-order valence-corrected chi connectivity index (χ3v) is 19.2. The normalized spacial score (nSPS) is 10.6. The first-order chi connectivity index (χ1) is 49.9. The van der Waals surface area contributed by atoms with E-state index < -0.39 is 89.7 Å². The molecule has 0 fully saturated rings. The van der Waals surface area contributed by atoms with E-state index in [1.54, 1.807) is 37.5 Å². The molecule has 17 nitrogen and oxygen atoms in total.